The van der Waals surface area contributed by atoms with E-state index in [-0.39, 0.29) is 17.4 Å². The van der Waals surface area contributed by atoms with Gasteiger partial charge in [0.15, 0.2) is 10.7 Å². The Morgan fingerprint density at radius 1 is 1.24 bits per heavy atom. The minimum atomic E-state index is -1.17. The molecule has 2 unspecified atom stereocenters. The number of thiol groups is 2. The number of benzene rings is 1. The van der Waals surface area contributed by atoms with Crippen molar-refractivity contribution in [2.24, 2.45) is 5.92 Å². The Balaban J connectivity index is 2.49. The highest BCUT2D eigenvalue weighted by molar-refractivity contribution is 7.97. The van der Waals surface area contributed by atoms with Crippen LogP contribution in [0.2, 0.25) is 0 Å². The van der Waals surface area contributed by atoms with Crippen LogP contribution in [-0.4, -0.2) is 15.2 Å². The van der Waals surface area contributed by atoms with E-state index in [4.69, 9.17) is 4.42 Å². The zero-order valence-electron chi connectivity index (χ0n) is 14.7. The van der Waals surface area contributed by atoms with E-state index in [1.165, 1.54) is 0 Å². The molecule has 0 aliphatic rings. The molecule has 0 saturated carbocycles. The van der Waals surface area contributed by atoms with Gasteiger partial charge >= 0.3 is 0 Å². The average molecular weight is 380 g/mol. The van der Waals surface area contributed by atoms with Crippen molar-refractivity contribution in [2.75, 3.05) is 0 Å². The monoisotopic (exact) mass is 379 g/mol. The lowest BCUT2D eigenvalue weighted by atomic mass is 9.75. The van der Waals surface area contributed by atoms with E-state index in [9.17, 15) is 9.59 Å². The van der Waals surface area contributed by atoms with Gasteiger partial charge in [0.25, 0.3) is 0 Å². The number of carbonyl (C=O) groups excluding carboxylic acids is 2. The molecule has 1 aromatic carbocycles. The molecular formula is C19H25NO3S2. The van der Waals surface area contributed by atoms with E-state index in [2.05, 4.69) is 44.1 Å². The van der Waals surface area contributed by atoms with Gasteiger partial charge in [-0.05, 0) is 24.5 Å². The van der Waals surface area contributed by atoms with Gasteiger partial charge in [0.2, 0.25) is 11.0 Å². The predicted octanol–water partition coefficient (Wildman–Crippen LogP) is 4.98. The third-order valence-corrected chi connectivity index (χ3v) is 5.33. The van der Waals surface area contributed by atoms with Crippen molar-refractivity contribution in [3.05, 3.63) is 30.2 Å². The summed E-state index contributed by atoms with van der Waals surface area (Å²) in [5, 5.41) is -0.758. The van der Waals surface area contributed by atoms with Gasteiger partial charge in [0.05, 0.1) is 0 Å². The molecule has 0 N–H and O–H groups in total. The molecule has 136 valence electrons. The van der Waals surface area contributed by atoms with Gasteiger partial charge < -0.3 is 4.42 Å². The number of carbonyl (C=O) groups is 2. The van der Waals surface area contributed by atoms with Crippen molar-refractivity contribution in [3.8, 4) is 0 Å². The smallest absolute Gasteiger partial charge is 0.210 e. The van der Waals surface area contributed by atoms with Gasteiger partial charge in [-0.15, -0.1) is 25.3 Å². The van der Waals surface area contributed by atoms with Gasteiger partial charge in [-0.3, -0.25) is 9.59 Å². The molecule has 0 spiro atoms. The van der Waals surface area contributed by atoms with Crippen LogP contribution in [0.1, 0.15) is 58.3 Å². The number of unbranched alkanes of at least 4 members (excludes halogenated alkanes) is 1. The number of fused-ring (bicyclic) bond motifs is 1. The van der Waals surface area contributed by atoms with Crippen LogP contribution in [-0.2, 0) is 15.0 Å². The van der Waals surface area contributed by atoms with E-state index in [0.29, 0.717) is 23.4 Å². The maximum atomic E-state index is 12.6. The van der Waals surface area contributed by atoms with Crippen LogP contribution >= 0.6 is 25.3 Å². The molecule has 1 heterocycles. The number of aromatic nitrogens is 1. The lowest BCUT2D eigenvalue weighted by Gasteiger charge is -2.30. The van der Waals surface area contributed by atoms with Crippen molar-refractivity contribution in [1.29, 1.82) is 0 Å². The van der Waals surface area contributed by atoms with Gasteiger partial charge in [-0.25, -0.2) is 4.98 Å². The Hall–Kier alpha value is -1.27. The molecule has 4 nitrogen and oxygen atoms in total. The van der Waals surface area contributed by atoms with Crippen LogP contribution in [0.5, 0.6) is 0 Å². The minimum Gasteiger partial charge on any atom is -0.440 e. The Labute approximate surface area is 159 Å². The number of oxazole rings is 1. The van der Waals surface area contributed by atoms with E-state index in [1.54, 1.807) is 6.07 Å². The molecular weight excluding hydrogens is 354 g/mol. The summed E-state index contributed by atoms with van der Waals surface area (Å²) in [5.41, 5.74) is 0.101. The Bertz CT molecular complexity index is 710. The molecule has 0 aliphatic carbocycles. The lowest BCUT2D eigenvalue weighted by molar-refractivity contribution is -0.122. The second kappa shape index (κ2) is 8.90. The Morgan fingerprint density at radius 3 is 2.52 bits per heavy atom. The first-order valence-electron chi connectivity index (χ1n) is 8.74. The number of hydrogen-bond donors (Lipinski definition) is 2. The fraction of sp³-hybridized carbons (Fsp3) is 0.526. The number of rotatable bonds is 10. The molecule has 0 aliphatic heterocycles. The minimum absolute atomic E-state index is 0.0616. The van der Waals surface area contributed by atoms with Crippen LogP contribution in [0.4, 0.5) is 0 Å². The topological polar surface area (TPSA) is 60.2 Å². The summed E-state index contributed by atoms with van der Waals surface area (Å²) in [5.74, 6) is 0.560. The molecule has 0 fully saturated rings. The quantitative estimate of drug-likeness (QED) is 0.572. The zero-order valence-corrected chi connectivity index (χ0v) is 16.5. The van der Waals surface area contributed by atoms with E-state index in [0.717, 1.165) is 25.7 Å². The molecule has 6 heteroatoms. The highest BCUT2D eigenvalue weighted by atomic mass is 32.1. The van der Waals surface area contributed by atoms with E-state index >= 15 is 0 Å². The van der Waals surface area contributed by atoms with Gasteiger partial charge in [-0.2, -0.15) is 0 Å². The molecule has 0 amide bonds. The maximum Gasteiger partial charge on any atom is 0.210 e. The molecule has 0 saturated heterocycles. The highest BCUT2D eigenvalue weighted by Gasteiger charge is 2.45. The normalized spacial score (nSPS) is 15.0. The van der Waals surface area contributed by atoms with E-state index < -0.39 is 10.5 Å². The molecule has 25 heavy (non-hydrogen) atoms. The van der Waals surface area contributed by atoms with E-state index in [1.807, 2.05) is 18.2 Å². The standard InChI is InChI=1S/C19H25NO3S2/c1-3-5-8-13(4-2)11-19(18(22)25,12-16(21)24)17-20-14-9-6-7-10-15(14)23-17/h6-7,9-10,13H,3-5,8,11-12H2,1-2H3,(H,21,24)(H,22,25). The Morgan fingerprint density at radius 2 is 1.96 bits per heavy atom. The molecule has 1 aromatic heterocycles. The van der Waals surface area contributed by atoms with Gasteiger partial charge in [0.1, 0.15) is 10.9 Å². The second-order valence-corrected chi connectivity index (χ2v) is 7.47. The maximum absolute atomic E-state index is 12.6. The summed E-state index contributed by atoms with van der Waals surface area (Å²) in [6.45, 7) is 4.24. The first-order chi connectivity index (χ1) is 11.9. The second-order valence-electron chi connectivity index (χ2n) is 6.57. The van der Waals surface area contributed by atoms with Crippen LogP contribution in [0.15, 0.2) is 28.7 Å². The average Bonchev–Trinajstić information content (AvgIpc) is 3.01. The van der Waals surface area contributed by atoms with Crippen LogP contribution < -0.4 is 0 Å². The largest absolute Gasteiger partial charge is 0.440 e. The van der Waals surface area contributed by atoms with Crippen molar-refractivity contribution >= 4 is 46.6 Å². The number of nitrogens with zero attached hydrogens (tertiary/aromatic N) is 1. The van der Waals surface area contributed by atoms with Gasteiger partial charge in [-0.1, -0.05) is 51.7 Å². The molecule has 2 aromatic rings. The summed E-state index contributed by atoms with van der Waals surface area (Å²) in [6, 6.07) is 7.34. The molecule has 2 rings (SSSR count). The van der Waals surface area contributed by atoms with Crippen molar-refractivity contribution < 1.29 is 14.0 Å². The lowest BCUT2D eigenvalue weighted by Crippen LogP contribution is -2.37. The summed E-state index contributed by atoms with van der Waals surface area (Å²) in [4.78, 5) is 28.9. The summed E-state index contributed by atoms with van der Waals surface area (Å²) >= 11 is 8.05. The van der Waals surface area contributed by atoms with Crippen LogP contribution in [0.3, 0.4) is 0 Å². The summed E-state index contributed by atoms with van der Waals surface area (Å²) in [7, 11) is 0. The third kappa shape index (κ3) is 4.67. The molecule has 2 atom stereocenters. The zero-order chi connectivity index (χ0) is 18.4. The Kier molecular flexibility index (Phi) is 7.14. The highest BCUT2D eigenvalue weighted by Crippen LogP contribution is 2.40. The predicted molar refractivity (Wildman–Crippen MR) is 106 cm³/mol. The fourth-order valence-corrected chi connectivity index (χ4v) is 3.80. The van der Waals surface area contributed by atoms with Gasteiger partial charge in [0, 0.05) is 6.42 Å². The SMILES string of the molecule is CCCCC(CC)CC(CC(=O)S)(C(=O)S)c1nc2ccccc2o1. The summed E-state index contributed by atoms with van der Waals surface area (Å²) in [6.07, 6.45) is 4.52. The van der Waals surface area contributed by atoms with Crippen LogP contribution in [0, 0.1) is 5.92 Å². The van der Waals surface area contributed by atoms with Crippen LogP contribution in [0.25, 0.3) is 11.1 Å². The fourth-order valence-electron chi connectivity index (χ4n) is 3.26. The molecule has 0 radical (unpaired) electrons. The first-order valence-corrected chi connectivity index (χ1v) is 9.63. The van der Waals surface area contributed by atoms with Crippen molar-refractivity contribution in [3.63, 3.8) is 0 Å². The summed E-state index contributed by atoms with van der Waals surface area (Å²) < 4.78 is 5.88. The van der Waals surface area contributed by atoms with Crippen molar-refractivity contribution in [2.45, 2.75) is 57.8 Å². The third-order valence-electron chi connectivity index (χ3n) is 4.75. The molecule has 0 bridgehead atoms. The first kappa shape index (κ1) is 20.0. The number of para-hydroxylation sites is 2. The van der Waals surface area contributed by atoms with Crippen molar-refractivity contribution in [1.82, 2.24) is 4.98 Å². The number of hydrogen-bond acceptors (Lipinski definition) is 4.